The summed E-state index contributed by atoms with van der Waals surface area (Å²) in [6, 6.07) is 4.94. The van der Waals surface area contributed by atoms with E-state index < -0.39 is 5.97 Å². The third-order valence-electron chi connectivity index (χ3n) is 3.35. The van der Waals surface area contributed by atoms with Gasteiger partial charge in [-0.2, -0.15) is 0 Å². The van der Waals surface area contributed by atoms with Gasteiger partial charge in [0, 0.05) is 13.1 Å². The molecule has 0 aromatic heterocycles. The summed E-state index contributed by atoms with van der Waals surface area (Å²) in [5.74, 6) is -1.20. The molecule has 1 aliphatic rings. The number of carbonyl (C=O) groups is 2. The van der Waals surface area contributed by atoms with Crippen molar-refractivity contribution in [2.45, 2.75) is 18.9 Å². The van der Waals surface area contributed by atoms with Crippen molar-refractivity contribution in [1.82, 2.24) is 4.90 Å². The predicted octanol–water partition coefficient (Wildman–Crippen LogP) is 2.70. The van der Waals surface area contributed by atoms with E-state index >= 15 is 0 Å². The van der Waals surface area contributed by atoms with Gasteiger partial charge < -0.3 is 14.7 Å². The number of hydrogen-bond donors (Lipinski definition) is 1. The van der Waals surface area contributed by atoms with Gasteiger partial charge in [-0.05, 0) is 25.0 Å². The first kappa shape index (κ1) is 16.1. The molecule has 0 atom stereocenters. The van der Waals surface area contributed by atoms with E-state index in [1.54, 1.807) is 23.1 Å². The summed E-state index contributed by atoms with van der Waals surface area (Å²) in [4.78, 5) is 24.6. The molecule has 1 aromatic carbocycles. The lowest BCUT2D eigenvalue weighted by atomic mass is 10.1. The zero-order valence-electron chi connectivity index (χ0n) is 11.2. The Labute approximate surface area is 132 Å². The van der Waals surface area contributed by atoms with Crippen LogP contribution in [-0.4, -0.2) is 47.7 Å². The number of amides is 1. The Morgan fingerprint density at radius 3 is 2.33 bits per heavy atom. The van der Waals surface area contributed by atoms with Crippen LogP contribution in [0, 0.1) is 0 Å². The van der Waals surface area contributed by atoms with Crippen LogP contribution in [0.2, 0.25) is 10.0 Å². The number of likely N-dealkylation sites (tertiary alicyclic amines) is 1. The van der Waals surface area contributed by atoms with Gasteiger partial charge >= 0.3 is 5.97 Å². The number of carboxylic acid groups (broad SMARTS) is 1. The fourth-order valence-electron chi connectivity index (χ4n) is 2.27. The van der Waals surface area contributed by atoms with Crippen molar-refractivity contribution >= 4 is 35.1 Å². The van der Waals surface area contributed by atoms with E-state index in [1.807, 2.05) is 0 Å². The second kappa shape index (κ2) is 7.11. The molecule has 1 aromatic rings. The van der Waals surface area contributed by atoms with Crippen LogP contribution in [0.1, 0.15) is 23.2 Å². The van der Waals surface area contributed by atoms with Crippen molar-refractivity contribution in [2.24, 2.45) is 0 Å². The van der Waals surface area contributed by atoms with Gasteiger partial charge in [0.05, 0.1) is 21.7 Å². The first-order valence-corrected chi connectivity index (χ1v) is 7.31. The maximum absolute atomic E-state index is 12.4. The largest absolute Gasteiger partial charge is 0.480 e. The number of aliphatic carboxylic acids is 1. The van der Waals surface area contributed by atoms with E-state index in [0.29, 0.717) is 41.5 Å². The standard InChI is InChI=1S/C14H15Cl2NO4/c15-10-2-1-3-11(16)13(10)14(20)17-6-4-9(5-7-17)21-8-12(18)19/h1-3,9H,4-8H2,(H,18,19). The number of piperidine rings is 1. The van der Waals surface area contributed by atoms with E-state index in [1.165, 1.54) is 0 Å². The van der Waals surface area contributed by atoms with Crippen LogP contribution < -0.4 is 0 Å². The Kier molecular flexibility index (Phi) is 5.45. The number of carboxylic acids is 1. The van der Waals surface area contributed by atoms with E-state index in [0.717, 1.165) is 0 Å². The molecule has 1 saturated heterocycles. The minimum Gasteiger partial charge on any atom is -0.480 e. The molecule has 0 spiro atoms. The monoisotopic (exact) mass is 331 g/mol. The van der Waals surface area contributed by atoms with E-state index in [2.05, 4.69) is 0 Å². The zero-order chi connectivity index (χ0) is 15.4. The van der Waals surface area contributed by atoms with E-state index in [4.69, 9.17) is 33.0 Å². The maximum atomic E-state index is 12.4. The van der Waals surface area contributed by atoms with Crippen molar-refractivity contribution in [3.63, 3.8) is 0 Å². The summed E-state index contributed by atoms with van der Waals surface area (Å²) in [5, 5.41) is 9.24. The second-order valence-electron chi connectivity index (χ2n) is 4.79. The third-order valence-corrected chi connectivity index (χ3v) is 3.98. The SMILES string of the molecule is O=C(O)COC1CCN(C(=O)c2c(Cl)cccc2Cl)CC1. The summed E-state index contributed by atoms with van der Waals surface area (Å²) < 4.78 is 5.24. The van der Waals surface area contributed by atoms with Gasteiger partial charge in [-0.15, -0.1) is 0 Å². The first-order valence-electron chi connectivity index (χ1n) is 6.55. The van der Waals surface area contributed by atoms with Crippen molar-refractivity contribution in [2.75, 3.05) is 19.7 Å². The number of nitrogens with zero attached hydrogens (tertiary/aromatic N) is 1. The third kappa shape index (κ3) is 4.09. The normalized spacial score (nSPS) is 16.0. The molecule has 5 nitrogen and oxygen atoms in total. The molecule has 0 saturated carbocycles. The number of carbonyl (C=O) groups excluding carboxylic acids is 1. The summed E-state index contributed by atoms with van der Waals surface area (Å²) in [6.45, 7) is 0.671. The Morgan fingerprint density at radius 2 is 1.81 bits per heavy atom. The lowest BCUT2D eigenvalue weighted by Crippen LogP contribution is -2.41. The molecule has 0 bridgehead atoms. The van der Waals surface area contributed by atoms with E-state index in [9.17, 15) is 9.59 Å². The molecule has 0 aliphatic carbocycles. The Balaban J connectivity index is 1.96. The van der Waals surface area contributed by atoms with Crippen LogP contribution in [0.15, 0.2) is 18.2 Å². The average Bonchev–Trinajstić information content (AvgIpc) is 2.45. The molecule has 1 aliphatic heterocycles. The molecule has 1 amide bonds. The van der Waals surface area contributed by atoms with Crippen molar-refractivity contribution in [3.8, 4) is 0 Å². The number of rotatable bonds is 4. The lowest BCUT2D eigenvalue weighted by molar-refractivity contribution is -0.145. The highest BCUT2D eigenvalue weighted by Crippen LogP contribution is 2.27. The minimum absolute atomic E-state index is 0.133. The maximum Gasteiger partial charge on any atom is 0.329 e. The fraction of sp³-hybridized carbons (Fsp3) is 0.429. The van der Waals surface area contributed by atoms with Gasteiger partial charge in [0.2, 0.25) is 0 Å². The molecular formula is C14H15Cl2NO4. The number of halogens is 2. The van der Waals surface area contributed by atoms with Crippen LogP contribution in [0.25, 0.3) is 0 Å². The number of benzene rings is 1. The van der Waals surface area contributed by atoms with Crippen molar-refractivity contribution in [3.05, 3.63) is 33.8 Å². The molecule has 1 N–H and O–H groups in total. The topological polar surface area (TPSA) is 66.8 Å². The van der Waals surface area contributed by atoms with Gasteiger partial charge in [0.1, 0.15) is 6.61 Å². The average molecular weight is 332 g/mol. The smallest absolute Gasteiger partial charge is 0.329 e. The summed E-state index contributed by atoms with van der Waals surface area (Å²) in [7, 11) is 0. The highest BCUT2D eigenvalue weighted by Gasteiger charge is 2.26. The summed E-state index contributed by atoms with van der Waals surface area (Å²) in [5.41, 5.74) is 0.311. The highest BCUT2D eigenvalue weighted by molar-refractivity contribution is 6.39. The molecular weight excluding hydrogens is 317 g/mol. The van der Waals surface area contributed by atoms with Crippen LogP contribution in [0.5, 0.6) is 0 Å². The van der Waals surface area contributed by atoms with Gasteiger partial charge in [-0.3, -0.25) is 4.79 Å². The van der Waals surface area contributed by atoms with Gasteiger partial charge in [0.25, 0.3) is 5.91 Å². The quantitative estimate of drug-likeness (QED) is 0.921. The van der Waals surface area contributed by atoms with Crippen LogP contribution in [0.4, 0.5) is 0 Å². The minimum atomic E-state index is -0.989. The Morgan fingerprint density at radius 1 is 1.24 bits per heavy atom. The molecule has 2 rings (SSSR count). The van der Waals surface area contributed by atoms with Gasteiger partial charge in [-0.1, -0.05) is 29.3 Å². The molecule has 1 heterocycles. The van der Waals surface area contributed by atoms with Crippen LogP contribution in [-0.2, 0) is 9.53 Å². The van der Waals surface area contributed by atoms with Gasteiger partial charge in [0.15, 0.2) is 0 Å². The lowest BCUT2D eigenvalue weighted by Gasteiger charge is -2.32. The Hall–Kier alpha value is -1.30. The second-order valence-corrected chi connectivity index (χ2v) is 5.61. The van der Waals surface area contributed by atoms with Crippen molar-refractivity contribution in [1.29, 1.82) is 0 Å². The molecule has 1 fully saturated rings. The summed E-state index contributed by atoms with van der Waals surface area (Å²) >= 11 is 12.1. The summed E-state index contributed by atoms with van der Waals surface area (Å²) in [6.07, 6.45) is 1.06. The fourth-order valence-corrected chi connectivity index (χ4v) is 2.83. The number of hydrogen-bond acceptors (Lipinski definition) is 3. The molecule has 7 heteroatoms. The molecule has 114 valence electrons. The Bertz CT molecular complexity index is 522. The molecule has 21 heavy (non-hydrogen) atoms. The predicted molar refractivity (Wildman–Crippen MR) is 79.0 cm³/mol. The molecule has 0 radical (unpaired) electrons. The first-order chi connectivity index (χ1) is 9.99. The van der Waals surface area contributed by atoms with Gasteiger partial charge in [-0.25, -0.2) is 4.79 Å². The van der Waals surface area contributed by atoms with Crippen LogP contribution in [0.3, 0.4) is 0 Å². The van der Waals surface area contributed by atoms with Crippen LogP contribution >= 0.6 is 23.2 Å². The zero-order valence-corrected chi connectivity index (χ0v) is 12.7. The number of ether oxygens (including phenoxy) is 1. The molecule has 0 unspecified atom stereocenters. The van der Waals surface area contributed by atoms with E-state index in [-0.39, 0.29) is 18.6 Å². The highest BCUT2D eigenvalue weighted by atomic mass is 35.5. The van der Waals surface area contributed by atoms with Crippen molar-refractivity contribution < 1.29 is 19.4 Å².